The molecule has 0 aromatic carbocycles. The van der Waals surface area contributed by atoms with E-state index in [1.54, 1.807) is 0 Å². The van der Waals surface area contributed by atoms with Gasteiger partial charge in [0.15, 0.2) is 0 Å². The Morgan fingerprint density at radius 3 is 2.53 bits per heavy atom. The highest BCUT2D eigenvalue weighted by Crippen LogP contribution is 2.36. The molecule has 2 N–H and O–H groups in total. The van der Waals surface area contributed by atoms with Crippen molar-refractivity contribution in [1.82, 2.24) is 10.2 Å². The van der Waals surface area contributed by atoms with E-state index in [-0.39, 0.29) is 19.0 Å². The molecule has 0 aliphatic carbocycles. The monoisotopic (exact) mass is 267 g/mol. The number of piperidine rings is 1. The van der Waals surface area contributed by atoms with E-state index in [1.165, 1.54) is 0 Å². The average molecular weight is 267 g/mol. The highest BCUT2D eigenvalue weighted by molar-refractivity contribution is 5.78. The molecule has 1 rings (SSSR count). The van der Waals surface area contributed by atoms with Crippen LogP contribution >= 0.6 is 0 Å². The number of hydrogen-bond acceptors (Lipinski definition) is 4. The minimum absolute atomic E-state index is 0.0154. The second-order valence-electron chi connectivity index (χ2n) is 5.05. The predicted octanol–water partition coefficient (Wildman–Crippen LogP) is 0.593. The van der Waals surface area contributed by atoms with Crippen LogP contribution in [0.15, 0.2) is 0 Å². The van der Waals surface area contributed by atoms with Crippen LogP contribution < -0.4 is 5.32 Å². The van der Waals surface area contributed by atoms with E-state index in [0.717, 1.165) is 6.42 Å². The summed E-state index contributed by atoms with van der Waals surface area (Å²) in [5.74, 6) is -0.900. The number of nitrogens with zero attached hydrogens (tertiary/aromatic N) is 2. The Balaban J connectivity index is 2.45. The van der Waals surface area contributed by atoms with Crippen molar-refractivity contribution in [2.24, 2.45) is 5.41 Å². The molecule has 1 amide bonds. The number of nitrogens with one attached hydrogen (secondary N) is 1. The number of carboxylic acids is 1. The third kappa shape index (κ3) is 4.21. The third-order valence-electron chi connectivity index (χ3n) is 3.73. The number of hydrogen-bond donors (Lipinski definition) is 2. The van der Waals surface area contributed by atoms with Gasteiger partial charge in [0.25, 0.3) is 0 Å². The molecule has 1 aliphatic rings. The number of carbonyl (C=O) groups is 2. The maximum Gasteiger partial charge on any atom is 0.309 e. The van der Waals surface area contributed by atoms with Crippen LogP contribution in [-0.2, 0) is 9.59 Å². The van der Waals surface area contributed by atoms with E-state index < -0.39 is 11.4 Å². The fourth-order valence-corrected chi connectivity index (χ4v) is 2.59. The standard InChI is InChI=1S/C13H21N3O3/c1-2-3-13(12(18)19)4-8-16(9-5-13)10-11(17)15-7-6-14/h2-5,7-10H2,1H3,(H,15,17)(H,18,19). The van der Waals surface area contributed by atoms with E-state index >= 15 is 0 Å². The van der Waals surface area contributed by atoms with Crippen molar-refractivity contribution in [3.63, 3.8) is 0 Å². The average Bonchev–Trinajstić information content (AvgIpc) is 2.39. The fourth-order valence-electron chi connectivity index (χ4n) is 2.59. The summed E-state index contributed by atoms with van der Waals surface area (Å²) in [7, 11) is 0. The van der Waals surface area contributed by atoms with Gasteiger partial charge < -0.3 is 10.4 Å². The lowest BCUT2D eigenvalue weighted by Gasteiger charge is -2.38. The summed E-state index contributed by atoms with van der Waals surface area (Å²) in [5.41, 5.74) is -0.617. The second kappa shape index (κ2) is 7.10. The minimum atomic E-state index is -0.720. The van der Waals surface area contributed by atoms with Crippen molar-refractivity contribution >= 4 is 11.9 Å². The minimum Gasteiger partial charge on any atom is -0.481 e. The van der Waals surface area contributed by atoms with Crippen LogP contribution in [0.2, 0.25) is 0 Å². The van der Waals surface area contributed by atoms with Crippen molar-refractivity contribution in [3.05, 3.63) is 0 Å². The summed E-state index contributed by atoms with van der Waals surface area (Å²) in [5, 5.41) is 20.2. The number of nitriles is 1. The quantitative estimate of drug-likeness (QED) is 0.687. The molecule has 0 aromatic heterocycles. The lowest BCUT2D eigenvalue weighted by Crippen LogP contribution is -2.47. The lowest BCUT2D eigenvalue weighted by atomic mass is 9.75. The number of carboxylic acid groups (broad SMARTS) is 1. The van der Waals surface area contributed by atoms with Crippen molar-refractivity contribution in [1.29, 1.82) is 5.26 Å². The van der Waals surface area contributed by atoms with Gasteiger partial charge in [0, 0.05) is 0 Å². The van der Waals surface area contributed by atoms with Crippen molar-refractivity contribution < 1.29 is 14.7 Å². The number of likely N-dealkylation sites (tertiary alicyclic amines) is 1. The number of rotatable bonds is 6. The van der Waals surface area contributed by atoms with Gasteiger partial charge in [0.1, 0.15) is 6.54 Å². The zero-order valence-electron chi connectivity index (χ0n) is 11.3. The van der Waals surface area contributed by atoms with E-state index in [2.05, 4.69) is 5.32 Å². The Morgan fingerprint density at radius 2 is 2.05 bits per heavy atom. The van der Waals surface area contributed by atoms with E-state index in [1.807, 2.05) is 17.9 Å². The molecular weight excluding hydrogens is 246 g/mol. The van der Waals surface area contributed by atoms with Gasteiger partial charge in [0.2, 0.25) is 5.91 Å². The van der Waals surface area contributed by atoms with Crippen LogP contribution in [-0.4, -0.2) is 48.1 Å². The van der Waals surface area contributed by atoms with Gasteiger partial charge in [0.05, 0.1) is 18.0 Å². The fraction of sp³-hybridized carbons (Fsp3) is 0.769. The Labute approximate surface area is 113 Å². The number of aliphatic carboxylic acids is 1. The lowest BCUT2D eigenvalue weighted by molar-refractivity contribution is -0.152. The maximum atomic E-state index is 11.5. The Kier molecular flexibility index (Phi) is 5.77. The molecule has 1 heterocycles. The Hall–Kier alpha value is -1.61. The summed E-state index contributed by atoms with van der Waals surface area (Å²) < 4.78 is 0. The largest absolute Gasteiger partial charge is 0.481 e. The Morgan fingerprint density at radius 1 is 1.42 bits per heavy atom. The highest BCUT2D eigenvalue weighted by Gasteiger charge is 2.40. The van der Waals surface area contributed by atoms with Gasteiger partial charge in [-0.25, -0.2) is 0 Å². The van der Waals surface area contributed by atoms with Gasteiger partial charge in [-0.15, -0.1) is 0 Å². The number of amides is 1. The molecule has 6 nitrogen and oxygen atoms in total. The topological polar surface area (TPSA) is 93.4 Å². The molecule has 0 spiro atoms. The number of carbonyl (C=O) groups excluding carboxylic acids is 1. The van der Waals surface area contributed by atoms with Crippen molar-refractivity contribution in [3.8, 4) is 6.07 Å². The molecule has 1 fully saturated rings. The van der Waals surface area contributed by atoms with Crippen LogP contribution in [0.3, 0.4) is 0 Å². The molecular formula is C13H21N3O3. The van der Waals surface area contributed by atoms with E-state index in [4.69, 9.17) is 5.26 Å². The first-order chi connectivity index (χ1) is 9.04. The molecule has 1 aliphatic heterocycles. The van der Waals surface area contributed by atoms with Gasteiger partial charge >= 0.3 is 5.97 Å². The summed E-state index contributed by atoms with van der Waals surface area (Å²) in [6, 6.07) is 1.85. The van der Waals surface area contributed by atoms with Crippen molar-refractivity contribution in [2.45, 2.75) is 32.6 Å². The molecule has 106 valence electrons. The smallest absolute Gasteiger partial charge is 0.309 e. The van der Waals surface area contributed by atoms with Crippen LogP contribution in [0.5, 0.6) is 0 Å². The van der Waals surface area contributed by atoms with Crippen LogP contribution in [0, 0.1) is 16.7 Å². The van der Waals surface area contributed by atoms with Crippen LogP contribution in [0.4, 0.5) is 0 Å². The maximum absolute atomic E-state index is 11.5. The first-order valence-corrected chi connectivity index (χ1v) is 6.63. The summed E-state index contributed by atoms with van der Waals surface area (Å²) in [6.07, 6.45) is 2.72. The third-order valence-corrected chi connectivity index (χ3v) is 3.73. The normalized spacial score (nSPS) is 18.5. The van der Waals surface area contributed by atoms with Gasteiger partial charge in [-0.3, -0.25) is 14.5 Å². The molecule has 19 heavy (non-hydrogen) atoms. The molecule has 0 atom stereocenters. The SMILES string of the molecule is CCCC1(C(=O)O)CCN(CC(=O)NCC#N)CC1. The Bertz CT molecular complexity index is 368. The summed E-state index contributed by atoms with van der Waals surface area (Å²) >= 11 is 0. The molecule has 0 bridgehead atoms. The van der Waals surface area contributed by atoms with Crippen LogP contribution in [0.1, 0.15) is 32.6 Å². The van der Waals surface area contributed by atoms with Crippen molar-refractivity contribution in [2.75, 3.05) is 26.2 Å². The van der Waals surface area contributed by atoms with Gasteiger partial charge in [-0.2, -0.15) is 5.26 Å². The zero-order valence-corrected chi connectivity index (χ0v) is 11.3. The predicted molar refractivity (Wildman–Crippen MR) is 69.3 cm³/mol. The second-order valence-corrected chi connectivity index (χ2v) is 5.05. The molecule has 1 saturated heterocycles. The van der Waals surface area contributed by atoms with Gasteiger partial charge in [-0.1, -0.05) is 13.3 Å². The first-order valence-electron chi connectivity index (χ1n) is 6.63. The molecule has 6 heteroatoms. The zero-order chi connectivity index (χ0) is 14.3. The van der Waals surface area contributed by atoms with Crippen LogP contribution in [0.25, 0.3) is 0 Å². The summed E-state index contributed by atoms with van der Waals surface area (Å²) in [6.45, 7) is 3.48. The summed E-state index contributed by atoms with van der Waals surface area (Å²) in [4.78, 5) is 24.8. The molecule has 0 unspecified atom stereocenters. The van der Waals surface area contributed by atoms with E-state index in [9.17, 15) is 14.7 Å². The first kappa shape index (κ1) is 15.4. The molecule has 0 aromatic rings. The van der Waals surface area contributed by atoms with E-state index in [0.29, 0.717) is 32.4 Å². The van der Waals surface area contributed by atoms with Gasteiger partial charge in [-0.05, 0) is 32.4 Å². The molecule has 0 saturated carbocycles. The molecule has 0 radical (unpaired) electrons. The highest BCUT2D eigenvalue weighted by atomic mass is 16.4.